The highest BCUT2D eigenvalue weighted by atomic mass is 32.2. The van der Waals surface area contributed by atoms with Crippen molar-refractivity contribution in [2.24, 2.45) is 5.92 Å². The maximum absolute atomic E-state index is 14.4. The molecule has 3 N–H and O–H groups in total. The van der Waals surface area contributed by atoms with Crippen molar-refractivity contribution in [2.75, 3.05) is 6.54 Å². The normalized spacial score (nSPS) is 29.0. The molecule has 3 aliphatic heterocycles. The number of nitrogens with one attached hydrogen (secondary N) is 3. The van der Waals surface area contributed by atoms with Gasteiger partial charge < -0.3 is 20.3 Å². The molecule has 13 nitrogen and oxygen atoms in total. The molecule has 0 radical (unpaired) electrons. The molecule has 2 aliphatic carbocycles. The van der Waals surface area contributed by atoms with Crippen LogP contribution in [0, 0.1) is 11.7 Å². The maximum atomic E-state index is 14.4. The Morgan fingerprint density at radius 2 is 1.84 bits per heavy atom. The minimum atomic E-state index is -3.91. The van der Waals surface area contributed by atoms with E-state index in [9.17, 15) is 36.8 Å². The molecule has 5 aliphatic rings. The van der Waals surface area contributed by atoms with Crippen molar-refractivity contribution < 1.29 is 41.5 Å². The van der Waals surface area contributed by atoms with Crippen molar-refractivity contribution in [3.05, 3.63) is 47.3 Å². The fourth-order valence-corrected chi connectivity index (χ4v) is 9.15. The van der Waals surface area contributed by atoms with Crippen molar-refractivity contribution in [3.8, 4) is 0 Å². The van der Waals surface area contributed by atoms with Crippen LogP contribution in [-0.4, -0.2) is 87.5 Å². The zero-order valence-electron chi connectivity index (χ0n) is 29.1. The molecule has 1 aromatic carbocycles. The number of hydrogen-bond acceptors (Lipinski definition) is 9. The monoisotopic (exact) mass is 747 g/mol. The molecule has 5 amide bonds. The molecule has 1 saturated heterocycles. The van der Waals surface area contributed by atoms with E-state index in [2.05, 4.69) is 15.4 Å². The standard InChI is InChI=1S/C35H46FN5O8S2/c1-34(2,3)50-32(45)37-27-13-8-6-4-5-7-11-22-17-35(22,31(44)39-51(47,48)24-14-15-24)38-29(42)28-16-23(19-41(28)30(27)43)49-33(46)40-18-21-10-9-12-26(36)25(21)20-40/h7,9-12,22-24,27-28H,4-6,8,13-20H2,1-3H3,(H,37,45)(H,38,42)(H,39,44)/b11-7-/t22-,23-,27+,28+,35-/m1/s1. The van der Waals surface area contributed by atoms with Crippen LogP contribution in [0.5, 0.6) is 0 Å². The third-order valence-electron chi connectivity index (χ3n) is 9.99. The molecule has 1 aromatic rings. The van der Waals surface area contributed by atoms with Gasteiger partial charge >= 0.3 is 6.09 Å². The molecule has 0 bridgehead atoms. The number of thioether (sulfide) groups is 1. The fourth-order valence-electron chi connectivity index (χ4n) is 7.02. The van der Waals surface area contributed by atoms with Crippen LogP contribution in [0.4, 0.5) is 14.0 Å². The molecule has 2 saturated carbocycles. The first-order chi connectivity index (χ1) is 24.1. The van der Waals surface area contributed by atoms with Gasteiger partial charge in [-0.05, 0) is 50.2 Å². The SMILES string of the molecule is CC(C)(C)SC(=O)N[C@H]1CCCCC/C=C\[C@@H]2C[C@@]2(C(=O)NS(=O)(=O)C2CC2)NC(=O)[C@@H]2C[C@@H](OC(=O)N3Cc4cccc(F)c4C3)CN2C1=O. The van der Waals surface area contributed by atoms with Crippen LogP contribution >= 0.6 is 11.8 Å². The number of carbonyl (C=O) groups is 5. The van der Waals surface area contributed by atoms with E-state index in [4.69, 9.17) is 4.74 Å². The number of halogens is 1. The number of nitrogens with zero attached hydrogens (tertiary/aromatic N) is 2. The number of allylic oxidation sites excluding steroid dienone is 1. The Hall–Kier alpha value is -3.66. The Morgan fingerprint density at radius 3 is 2.55 bits per heavy atom. The molecule has 6 rings (SSSR count). The van der Waals surface area contributed by atoms with E-state index < -0.39 is 79.3 Å². The summed E-state index contributed by atoms with van der Waals surface area (Å²) in [6, 6.07) is 2.46. The lowest BCUT2D eigenvalue weighted by Crippen LogP contribution is -2.58. The summed E-state index contributed by atoms with van der Waals surface area (Å²) >= 11 is 1.05. The molecule has 5 atom stereocenters. The number of rotatable bonds is 5. The third-order valence-corrected chi connectivity index (χ3v) is 12.7. The maximum Gasteiger partial charge on any atom is 0.410 e. The van der Waals surface area contributed by atoms with Crippen molar-refractivity contribution >= 4 is 50.8 Å². The summed E-state index contributed by atoms with van der Waals surface area (Å²) in [5.41, 5.74) is -0.482. The van der Waals surface area contributed by atoms with Gasteiger partial charge in [0.15, 0.2) is 0 Å². The number of sulfonamides is 1. The summed E-state index contributed by atoms with van der Waals surface area (Å²) < 4.78 is 47.5. The molecule has 3 fully saturated rings. The van der Waals surface area contributed by atoms with Crippen molar-refractivity contribution in [1.82, 2.24) is 25.2 Å². The summed E-state index contributed by atoms with van der Waals surface area (Å²) in [5.74, 6) is -2.94. The van der Waals surface area contributed by atoms with Crippen LogP contribution in [0.25, 0.3) is 0 Å². The second-order valence-corrected chi connectivity index (χ2v) is 19.0. The summed E-state index contributed by atoms with van der Waals surface area (Å²) in [6.07, 6.45) is 6.23. The molecule has 278 valence electrons. The first-order valence-corrected chi connectivity index (χ1v) is 20.0. The Morgan fingerprint density at radius 1 is 1.08 bits per heavy atom. The lowest BCUT2D eigenvalue weighted by Gasteiger charge is -2.30. The van der Waals surface area contributed by atoms with Gasteiger partial charge in [0.25, 0.3) is 11.1 Å². The van der Waals surface area contributed by atoms with E-state index in [1.165, 1.54) is 15.9 Å². The topological polar surface area (TPSA) is 171 Å². The second-order valence-electron chi connectivity index (χ2n) is 15.2. The first-order valence-electron chi connectivity index (χ1n) is 17.6. The highest BCUT2D eigenvalue weighted by Gasteiger charge is 2.62. The lowest BCUT2D eigenvalue weighted by molar-refractivity contribution is -0.141. The van der Waals surface area contributed by atoms with Crippen LogP contribution in [-0.2, 0) is 42.2 Å². The summed E-state index contributed by atoms with van der Waals surface area (Å²) in [5, 5.41) is 4.61. The Bertz CT molecular complexity index is 1730. The predicted molar refractivity (Wildman–Crippen MR) is 187 cm³/mol. The van der Waals surface area contributed by atoms with Gasteiger partial charge in [-0.2, -0.15) is 0 Å². The van der Waals surface area contributed by atoms with Crippen molar-refractivity contribution in [1.29, 1.82) is 0 Å². The van der Waals surface area contributed by atoms with Gasteiger partial charge in [-0.25, -0.2) is 17.6 Å². The molecular formula is C35H46FN5O8S2. The minimum Gasteiger partial charge on any atom is -0.444 e. The van der Waals surface area contributed by atoms with Crippen molar-refractivity contribution in [3.63, 3.8) is 0 Å². The Labute approximate surface area is 301 Å². The molecule has 0 spiro atoms. The largest absolute Gasteiger partial charge is 0.444 e. The number of ether oxygens (including phenoxy) is 1. The van der Waals surface area contributed by atoms with Gasteiger partial charge in [0, 0.05) is 29.2 Å². The van der Waals surface area contributed by atoms with Gasteiger partial charge in [0.1, 0.15) is 29.5 Å². The average molecular weight is 748 g/mol. The zero-order valence-corrected chi connectivity index (χ0v) is 30.7. The summed E-state index contributed by atoms with van der Waals surface area (Å²) in [7, 11) is -3.91. The first kappa shape index (κ1) is 37.1. The zero-order chi connectivity index (χ0) is 36.7. The minimum absolute atomic E-state index is 0.00989. The third kappa shape index (κ3) is 8.53. The van der Waals surface area contributed by atoms with E-state index in [-0.39, 0.29) is 37.7 Å². The van der Waals surface area contributed by atoms with Gasteiger partial charge in [0.2, 0.25) is 21.8 Å². The quantitative estimate of drug-likeness (QED) is 0.379. The Kier molecular flexibility index (Phi) is 10.5. The van der Waals surface area contributed by atoms with E-state index in [1.54, 1.807) is 12.1 Å². The van der Waals surface area contributed by atoms with E-state index in [1.807, 2.05) is 32.9 Å². The summed E-state index contributed by atoms with van der Waals surface area (Å²) in [4.78, 5) is 71.1. The fraction of sp³-hybridized carbons (Fsp3) is 0.629. The van der Waals surface area contributed by atoms with Crippen LogP contribution in [0.15, 0.2) is 30.4 Å². The molecular weight excluding hydrogens is 702 g/mol. The number of carbonyl (C=O) groups excluding carboxylic acids is 5. The average Bonchev–Trinajstić information content (AvgIpc) is 3.93. The van der Waals surface area contributed by atoms with E-state index in [0.29, 0.717) is 43.2 Å². The van der Waals surface area contributed by atoms with Crippen LogP contribution < -0.4 is 15.4 Å². The summed E-state index contributed by atoms with van der Waals surface area (Å²) in [6.45, 7) is 5.63. The van der Waals surface area contributed by atoms with Crippen LogP contribution in [0.3, 0.4) is 0 Å². The predicted octanol–water partition coefficient (Wildman–Crippen LogP) is 3.86. The number of amides is 5. The van der Waals surface area contributed by atoms with Gasteiger partial charge in [-0.1, -0.05) is 69.7 Å². The van der Waals surface area contributed by atoms with Crippen molar-refractivity contribution in [2.45, 2.75) is 125 Å². The highest BCUT2D eigenvalue weighted by molar-refractivity contribution is 8.14. The lowest BCUT2D eigenvalue weighted by atomic mass is 10.1. The molecule has 0 unspecified atom stereocenters. The highest BCUT2D eigenvalue weighted by Crippen LogP contribution is 2.46. The van der Waals surface area contributed by atoms with E-state index >= 15 is 0 Å². The van der Waals surface area contributed by atoms with E-state index in [0.717, 1.165) is 24.6 Å². The number of benzene rings is 1. The Balaban J connectivity index is 1.25. The van der Waals surface area contributed by atoms with Gasteiger partial charge in [-0.15, -0.1) is 0 Å². The molecule has 16 heteroatoms. The van der Waals surface area contributed by atoms with Crippen LogP contribution in [0.1, 0.15) is 89.7 Å². The van der Waals surface area contributed by atoms with Crippen LogP contribution in [0.2, 0.25) is 0 Å². The smallest absolute Gasteiger partial charge is 0.410 e. The second kappa shape index (κ2) is 14.4. The molecule has 3 heterocycles. The molecule has 51 heavy (non-hydrogen) atoms. The van der Waals surface area contributed by atoms with Gasteiger partial charge in [-0.3, -0.25) is 28.8 Å². The number of hydrogen-bond donors (Lipinski definition) is 3. The molecule has 0 aromatic heterocycles. The number of fused-ring (bicyclic) bond motifs is 3. The van der Waals surface area contributed by atoms with Gasteiger partial charge in [0.05, 0.1) is 18.3 Å².